The summed E-state index contributed by atoms with van der Waals surface area (Å²) in [4.78, 5) is 17.9. The summed E-state index contributed by atoms with van der Waals surface area (Å²) in [5.41, 5.74) is 0.830. The van der Waals surface area contributed by atoms with Crippen LogP contribution in [0.1, 0.15) is 70.6 Å². The van der Waals surface area contributed by atoms with Crippen molar-refractivity contribution in [2.75, 3.05) is 24.7 Å². The summed E-state index contributed by atoms with van der Waals surface area (Å²) in [6, 6.07) is 11.2. The maximum atomic E-state index is 12.8. The summed E-state index contributed by atoms with van der Waals surface area (Å²) >= 11 is 0. The first-order valence-corrected chi connectivity index (χ1v) is 11.1. The maximum absolute atomic E-state index is 12.8. The zero-order valence-corrected chi connectivity index (χ0v) is 16.7. The highest BCUT2D eigenvalue weighted by Crippen LogP contribution is 2.37. The van der Waals surface area contributed by atoms with E-state index in [1.165, 1.54) is 63.5 Å². The van der Waals surface area contributed by atoms with Gasteiger partial charge in [-0.05, 0) is 37.8 Å². The van der Waals surface area contributed by atoms with E-state index in [1.54, 1.807) is 0 Å². The third-order valence-corrected chi connectivity index (χ3v) is 7.12. The number of rotatable bonds is 2. The largest absolute Gasteiger partial charge is 0.339 e. The Bertz CT molecular complexity index is 599. The number of piperidine rings is 1. The lowest BCUT2D eigenvalue weighted by Crippen LogP contribution is -2.57. The van der Waals surface area contributed by atoms with Gasteiger partial charge in [-0.25, -0.2) is 0 Å². The number of carbonyl (C=O) groups is 1. The SMILES string of the molecule is O=C1NCN(c2ccccc2)C12CCN(C1CCCCCCCCC1)CC2. The molecule has 1 amide bonds. The molecule has 0 radical (unpaired) electrons. The summed E-state index contributed by atoms with van der Waals surface area (Å²) in [5, 5.41) is 3.12. The molecule has 1 N–H and O–H groups in total. The number of hydrogen-bond acceptors (Lipinski definition) is 3. The van der Waals surface area contributed by atoms with Crippen molar-refractivity contribution < 1.29 is 4.79 Å². The summed E-state index contributed by atoms with van der Waals surface area (Å²) in [6.45, 7) is 2.76. The van der Waals surface area contributed by atoms with E-state index in [0.717, 1.165) is 32.0 Å². The predicted octanol–water partition coefficient (Wildman–Crippen LogP) is 4.31. The van der Waals surface area contributed by atoms with Crippen LogP contribution in [-0.2, 0) is 4.79 Å². The van der Waals surface area contributed by atoms with Gasteiger partial charge in [0, 0.05) is 24.8 Å². The van der Waals surface area contributed by atoms with Crippen LogP contribution in [0.3, 0.4) is 0 Å². The van der Waals surface area contributed by atoms with Crippen LogP contribution >= 0.6 is 0 Å². The third kappa shape index (κ3) is 4.01. The van der Waals surface area contributed by atoms with Crippen molar-refractivity contribution >= 4 is 11.6 Å². The maximum Gasteiger partial charge on any atom is 0.247 e. The summed E-state index contributed by atoms with van der Waals surface area (Å²) in [6.07, 6.45) is 14.4. The predicted molar refractivity (Wildman–Crippen MR) is 111 cm³/mol. The number of carbonyl (C=O) groups excluding carboxylic acids is 1. The van der Waals surface area contributed by atoms with Crippen LogP contribution in [-0.4, -0.2) is 42.1 Å². The molecule has 2 saturated heterocycles. The Balaban J connectivity index is 1.42. The van der Waals surface area contributed by atoms with Crippen LogP contribution in [0.4, 0.5) is 5.69 Å². The van der Waals surface area contributed by atoms with Gasteiger partial charge in [-0.1, -0.05) is 63.1 Å². The van der Waals surface area contributed by atoms with Gasteiger partial charge in [-0.2, -0.15) is 0 Å². The number of amides is 1. The zero-order chi connectivity index (χ0) is 18.5. The molecule has 4 nitrogen and oxygen atoms in total. The fourth-order valence-electron chi connectivity index (χ4n) is 5.45. The number of benzene rings is 1. The molecule has 2 aliphatic heterocycles. The molecule has 148 valence electrons. The highest BCUT2D eigenvalue weighted by atomic mass is 16.2. The normalized spacial score (nSPS) is 25.5. The molecule has 0 atom stereocenters. The standard InChI is InChI=1S/C23H35N3O/c27-22-23(26(19-24-22)21-13-9-6-10-14-21)15-17-25(18-16-23)20-11-7-4-2-1-3-5-8-12-20/h6,9-10,13-14,20H,1-5,7-8,11-12,15-19H2,(H,24,27). The summed E-state index contributed by atoms with van der Waals surface area (Å²) < 4.78 is 0. The molecule has 1 spiro atoms. The fraction of sp³-hybridized carbons (Fsp3) is 0.696. The second-order valence-corrected chi connectivity index (χ2v) is 8.70. The summed E-state index contributed by atoms with van der Waals surface area (Å²) in [5.74, 6) is 0.233. The first-order chi connectivity index (χ1) is 13.3. The van der Waals surface area contributed by atoms with Gasteiger partial charge < -0.3 is 15.1 Å². The molecule has 3 aliphatic rings. The molecule has 0 aromatic heterocycles. The van der Waals surface area contributed by atoms with Crippen LogP contribution < -0.4 is 10.2 Å². The average molecular weight is 370 g/mol. The molecule has 4 heteroatoms. The van der Waals surface area contributed by atoms with E-state index in [2.05, 4.69) is 39.4 Å². The van der Waals surface area contributed by atoms with Gasteiger partial charge in [0.25, 0.3) is 0 Å². The van der Waals surface area contributed by atoms with Crippen molar-refractivity contribution in [2.45, 2.75) is 82.2 Å². The molecular weight excluding hydrogens is 334 g/mol. The van der Waals surface area contributed by atoms with E-state index >= 15 is 0 Å². The third-order valence-electron chi connectivity index (χ3n) is 7.12. The Hall–Kier alpha value is -1.55. The smallest absolute Gasteiger partial charge is 0.247 e. The average Bonchev–Trinajstić information content (AvgIpc) is 3.03. The van der Waals surface area contributed by atoms with Crippen LogP contribution in [0.2, 0.25) is 0 Å². The van der Waals surface area contributed by atoms with E-state index in [4.69, 9.17) is 0 Å². The van der Waals surface area contributed by atoms with Crippen LogP contribution in [0.5, 0.6) is 0 Å². The first-order valence-electron chi connectivity index (χ1n) is 11.1. The lowest BCUT2D eigenvalue weighted by atomic mass is 9.84. The molecule has 1 aliphatic carbocycles. The number of para-hydroxylation sites is 1. The van der Waals surface area contributed by atoms with Gasteiger partial charge in [-0.3, -0.25) is 4.79 Å². The van der Waals surface area contributed by atoms with E-state index in [0.29, 0.717) is 6.67 Å². The second kappa shape index (κ2) is 8.64. The van der Waals surface area contributed by atoms with Crippen molar-refractivity contribution in [2.24, 2.45) is 0 Å². The molecule has 1 aromatic carbocycles. The molecular formula is C23H35N3O. The van der Waals surface area contributed by atoms with E-state index in [9.17, 15) is 4.79 Å². The van der Waals surface area contributed by atoms with Gasteiger partial charge >= 0.3 is 0 Å². The van der Waals surface area contributed by atoms with Gasteiger partial charge in [0.1, 0.15) is 5.54 Å². The number of likely N-dealkylation sites (tertiary alicyclic amines) is 1. The van der Waals surface area contributed by atoms with Crippen molar-refractivity contribution in [3.8, 4) is 0 Å². The van der Waals surface area contributed by atoms with Gasteiger partial charge in [0.2, 0.25) is 5.91 Å². The minimum Gasteiger partial charge on any atom is -0.339 e. The fourth-order valence-corrected chi connectivity index (χ4v) is 5.45. The van der Waals surface area contributed by atoms with Crippen LogP contribution in [0, 0.1) is 0 Å². The highest BCUT2D eigenvalue weighted by molar-refractivity contribution is 5.93. The van der Waals surface area contributed by atoms with Crippen molar-refractivity contribution in [1.82, 2.24) is 10.2 Å². The van der Waals surface area contributed by atoms with Gasteiger partial charge in [0.05, 0.1) is 6.67 Å². The summed E-state index contributed by atoms with van der Waals surface area (Å²) in [7, 11) is 0. The minimum absolute atomic E-state index is 0.233. The van der Waals surface area contributed by atoms with Crippen LogP contribution in [0.15, 0.2) is 30.3 Å². The minimum atomic E-state index is -0.339. The van der Waals surface area contributed by atoms with E-state index in [-0.39, 0.29) is 11.4 Å². The lowest BCUT2D eigenvalue weighted by molar-refractivity contribution is -0.125. The Morgan fingerprint density at radius 3 is 2.07 bits per heavy atom. The number of hydrogen-bond donors (Lipinski definition) is 1. The Kier molecular flexibility index (Phi) is 6.01. The highest BCUT2D eigenvalue weighted by Gasteiger charge is 2.50. The molecule has 0 bridgehead atoms. The van der Waals surface area contributed by atoms with Gasteiger partial charge in [0.15, 0.2) is 0 Å². The zero-order valence-electron chi connectivity index (χ0n) is 16.7. The van der Waals surface area contributed by atoms with Gasteiger partial charge in [-0.15, -0.1) is 0 Å². The van der Waals surface area contributed by atoms with E-state index in [1.807, 2.05) is 6.07 Å². The number of nitrogens with zero attached hydrogens (tertiary/aromatic N) is 2. The molecule has 0 unspecified atom stereocenters. The molecule has 3 fully saturated rings. The topological polar surface area (TPSA) is 35.6 Å². The van der Waals surface area contributed by atoms with Crippen molar-refractivity contribution in [3.05, 3.63) is 30.3 Å². The quantitative estimate of drug-likeness (QED) is 0.844. The molecule has 4 rings (SSSR count). The lowest BCUT2D eigenvalue weighted by Gasteiger charge is -2.45. The molecule has 1 saturated carbocycles. The van der Waals surface area contributed by atoms with Crippen molar-refractivity contribution in [1.29, 1.82) is 0 Å². The molecule has 1 aromatic rings. The molecule has 2 heterocycles. The Morgan fingerprint density at radius 1 is 0.852 bits per heavy atom. The van der Waals surface area contributed by atoms with E-state index < -0.39 is 0 Å². The van der Waals surface area contributed by atoms with Crippen molar-refractivity contribution in [3.63, 3.8) is 0 Å². The number of anilines is 1. The monoisotopic (exact) mass is 369 g/mol. The van der Waals surface area contributed by atoms with Crippen LogP contribution in [0.25, 0.3) is 0 Å². The first kappa shape index (κ1) is 18.8. The second-order valence-electron chi connectivity index (χ2n) is 8.70. The number of nitrogens with one attached hydrogen (secondary N) is 1. The Morgan fingerprint density at radius 2 is 1.44 bits per heavy atom. The molecule has 27 heavy (non-hydrogen) atoms. The Labute approximate surface area is 164 Å².